The molecule has 0 radical (unpaired) electrons. The quantitative estimate of drug-likeness (QED) is 0.509. The number of halogens is 2. The van der Waals surface area contributed by atoms with Gasteiger partial charge in [-0.05, 0) is 18.2 Å². The summed E-state index contributed by atoms with van der Waals surface area (Å²) in [6, 6.07) is 6.22. The molecule has 26 heavy (non-hydrogen) atoms. The average Bonchev–Trinajstić information content (AvgIpc) is 2.83. The van der Waals surface area contributed by atoms with Crippen LogP contribution in [-0.4, -0.2) is 34.1 Å². The molecule has 0 bridgehead atoms. The van der Waals surface area contributed by atoms with Gasteiger partial charge in [0.2, 0.25) is 5.91 Å². The van der Waals surface area contributed by atoms with E-state index in [1.165, 1.54) is 12.1 Å². The van der Waals surface area contributed by atoms with Gasteiger partial charge in [0, 0.05) is 17.8 Å². The molecule has 0 spiro atoms. The van der Waals surface area contributed by atoms with Gasteiger partial charge in [0.15, 0.2) is 11.6 Å². The molecule has 1 N–H and O–H groups in total. The number of nitrogens with zero attached hydrogens (tertiary/aromatic N) is 2. The fraction of sp³-hybridized carbons (Fsp3) is 0.0625. The summed E-state index contributed by atoms with van der Waals surface area (Å²) in [5, 5.41) is 13.2. The lowest BCUT2D eigenvalue weighted by molar-refractivity contribution is -0.385. The molecule has 0 aromatic heterocycles. The highest BCUT2D eigenvalue weighted by atomic mass is 19.2. The lowest BCUT2D eigenvalue weighted by Crippen LogP contribution is -2.37. The van der Waals surface area contributed by atoms with Crippen molar-refractivity contribution in [2.75, 3.05) is 11.9 Å². The van der Waals surface area contributed by atoms with E-state index in [2.05, 4.69) is 5.32 Å². The first kappa shape index (κ1) is 17.1. The van der Waals surface area contributed by atoms with Crippen LogP contribution in [0.3, 0.4) is 0 Å². The summed E-state index contributed by atoms with van der Waals surface area (Å²) in [5.41, 5.74) is -1.17. The predicted molar refractivity (Wildman–Crippen MR) is 83.5 cm³/mol. The van der Waals surface area contributed by atoms with Gasteiger partial charge in [-0.15, -0.1) is 0 Å². The van der Waals surface area contributed by atoms with Gasteiger partial charge >= 0.3 is 0 Å². The molecule has 1 aliphatic rings. The lowest BCUT2D eigenvalue weighted by atomic mass is 10.1. The number of benzene rings is 2. The van der Waals surface area contributed by atoms with Crippen molar-refractivity contribution in [3.63, 3.8) is 0 Å². The summed E-state index contributed by atoms with van der Waals surface area (Å²) >= 11 is 0. The van der Waals surface area contributed by atoms with Crippen LogP contribution < -0.4 is 5.32 Å². The van der Waals surface area contributed by atoms with E-state index in [1.807, 2.05) is 0 Å². The number of hydrogen-bond donors (Lipinski definition) is 1. The Bertz CT molecular complexity index is 976. The number of anilines is 1. The molecule has 2 aromatic carbocycles. The first-order valence-electron chi connectivity index (χ1n) is 7.18. The number of carbonyl (C=O) groups is 3. The number of nitro benzene ring substituents is 1. The summed E-state index contributed by atoms with van der Waals surface area (Å²) in [5.74, 6) is -4.96. The van der Waals surface area contributed by atoms with E-state index in [1.54, 1.807) is 0 Å². The van der Waals surface area contributed by atoms with E-state index in [4.69, 9.17) is 0 Å². The Balaban J connectivity index is 1.80. The van der Waals surface area contributed by atoms with E-state index < -0.39 is 46.5 Å². The third kappa shape index (κ3) is 2.88. The first-order valence-corrected chi connectivity index (χ1v) is 7.18. The van der Waals surface area contributed by atoms with Crippen molar-refractivity contribution in [1.29, 1.82) is 0 Å². The first-order chi connectivity index (χ1) is 12.3. The maximum absolute atomic E-state index is 13.1. The molecule has 0 saturated heterocycles. The van der Waals surface area contributed by atoms with Gasteiger partial charge in [-0.25, -0.2) is 8.78 Å². The van der Waals surface area contributed by atoms with Gasteiger partial charge in [-0.3, -0.25) is 29.4 Å². The number of nitrogens with one attached hydrogen (secondary N) is 1. The third-order valence-corrected chi connectivity index (χ3v) is 3.68. The molecule has 3 amide bonds. The minimum absolute atomic E-state index is 0.0727. The zero-order chi connectivity index (χ0) is 19.0. The Morgan fingerprint density at radius 3 is 2.50 bits per heavy atom. The number of imide groups is 1. The van der Waals surface area contributed by atoms with Crippen molar-refractivity contribution in [1.82, 2.24) is 4.90 Å². The molecule has 8 nitrogen and oxygen atoms in total. The fourth-order valence-electron chi connectivity index (χ4n) is 2.53. The Labute approximate surface area is 144 Å². The number of amides is 3. The van der Waals surface area contributed by atoms with E-state index in [9.17, 15) is 33.3 Å². The third-order valence-electron chi connectivity index (χ3n) is 3.68. The van der Waals surface area contributed by atoms with Crippen molar-refractivity contribution >= 4 is 29.1 Å². The number of rotatable bonds is 4. The molecule has 132 valence electrons. The molecule has 1 aliphatic heterocycles. The van der Waals surface area contributed by atoms with Crippen molar-refractivity contribution < 1.29 is 28.1 Å². The highest BCUT2D eigenvalue weighted by Gasteiger charge is 2.41. The normalized spacial score (nSPS) is 12.9. The Hall–Kier alpha value is -3.69. The molecular formula is C16H9F2N3O5. The Morgan fingerprint density at radius 1 is 1.12 bits per heavy atom. The number of fused-ring (bicyclic) bond motifs is 1. The van der Waals surface area contributed by atoms with Crippen LogP contribution >= 0.6 is 0 Å². The molecule has 0 unspecified atom stereocenters. The molecule has 0 atom stereocenters. The molecule has 10 heteroatoms. The van der Waals surface area contributed by atoms with Crippen LogP contribution in [0, 0.1) is 21.7 Å². The Morgan fingerprint density at radius 2 is 1.85 bits per heavy atom. The number of hydrogen-bond acceptors (Lipinski definition) is 5. The second kappa shape index (κ2) is 6.31. The Kier molecular flexibility index (Phi) is 4.16. The summed E-state index contributed by atoms with van der Waals surface area (Å²) in [6.45, 7) is -0.734. The molecule has 1 heterocycles. The topological polar surface area (TPSA) is 110 Å². The standard InChI is InChI=1S/C16H9F2N3O5/c17-10-5-4-8(6-11(10)18)19-13(22)7-20-15(23)9-2-1-3-12(21(25)26)14(9)16(20)24/h1-6H,7H2,(H,19,22). The van der Waals surface area contributed by atoms with Crippen molar-refractivity contribution in [3.05, 3.63) is 69.3 Å². The second-order valence-corrected chi connectivity index (χ2v) is 5.33. The highest BCUT2D eigenvalue weighted by molar-refractivity contribution is 6.24. The van der Waals surface area contributed by atoms with Gasteiger partial charge in [0.25, 0.3) is 17.5 Å². The molecule has 0 saturated carbocycles. The van der Waals surface area contributed by atoms with Gasteiger partial charge in [-0.1, -0.05) is 6.07 Å². The van der Waals surface area contributed by atoms with Crippen molar-refractivity contribution in [3.8, 4) is 0 Å². The SMILES string of the molecule is O=C(CN1C(=O)c2cccc([N+](=O)[O-])c2C1=O)Nc1ccc(F)c(F)c1. The summed E-state index contributed by atoms with van der Waals surface area (Å²) < 4.78 is 26.0. The van der Waals surface area contributed by atoms with E-state index in [0.717, 1.165) is 24.3 Å². The van der Waals surface area contributed by atoms with Crippen molar-refractivity contribution in [2.45, 2.75) is 0 Å². The van der Waals surface area contributed by atoms with Gasteiger partial charge in [0.05, 0.1) is 10.5 Å². The fourth-order valence-corrected chi connectivity index (χ4v) is 2.53. The van der Waals surface area contributed by atoms with Gasteiger partial charge < -0.3 is 5.32 Å². The van der Waals surface area contributed by atoms with Crippen LogP contribution in [0.15, 0.2) is 36.4 Å². The molecule has 0 fully saturated rings. The zero-order valence-corrected chi connectivity index (χ0v) is 12.9. The maximum Gasteiger partial charge on any atom is 0.282 e. The van der Waals surface area contributed by atoms with E-state index in [0.29, 0.717) is 4.90 Å². The van der Waals surface area contributed by atoms with Crippen molar-refractivity contribution in [2.24, 2.45) is 0 Å². The number of nitro groups is 1. The summed E-state index contributed by atoms with van der Waals surface area (Å²) in [4.78, 5) is 47.4. The van der Waals surface area contributed by atoms with Crippen LogP contribution in [0.25, 0.3) is 0 Å². The smallest absolute Gasteiger partial charge is 0.282 e. The van der Waals surface area contributed by atoms with Gasteiger partial charge in [0.1, 0.15) is 12.1 Å². The lowest BCUT2D eigenvalue weighted by Gasteiger charge is -2.13. The average molecular weight is 361 g/mol. The molecule has 2 aromatic rings. The number of carbonyl (C=O) groups excluding carboxylic acids is 3. The highest BCUT2D eigenvalue weighted by Crippen LogP contribution is 2.30. The van der Waals surface area contributed by atoms with Gasteiger partial charge in [-0.2, -0.15) is 0 Å². The van der Waals surface area contributed by atoms with Crippen LogP contribution in [0.1, 0.15) is 20.7 Å². The predicted octanol–water partition coefficient (Wildman–Crippen LogP) is 2.11. The maximum atomic E-state index is 13.1. The monoisotopic (exact) mass is 361 g/mol. The minimum Gasteiger partial charge on any atom is -0.324 e. The second-order valence-electron chi connectivity index (χ2n) is 5.33. The largest absolute Gasteiger partial charge is 0.324 e. The molecule has 0 aliphatic carbocycles. The van der Waals surface area contributed by atoms with Crippen LogP contribution in [0.4, 0.5) is 20.2 Å². The summed E-state index contributed by atoms with van der Waals surface area (Å²) in [7, 11) is 0. The summed E-state index contributed by atoms with van der Waals surface area (Å²) in [6.07, 6.45) is 0. The van der Waals surface area contributed by atoms with Crippen LogP contribution in [-0.2, 0) is 4.79 Å². The van der Waals surface area contributed by atoms with Crippen LogP contribution in [0.5, 0.6) is 0 Å². The van der Waals surface area contributed by atoms with Crippen LogP contribution in [0.2, 0.25) is 0 Å². The minimum atomic E-state index is -1.18. The van der Waals surface area contributed by atoms with E-state index >= 15 is 0 Å². The van der Waals surface area contributed by atoms with E-state index in [-0.39, 0.29) is 16.8 Å². The zero-order valence-electron chi connectivity index (χ0n) is 12.9. The molecule has 3 rings (SSSR count). The molecular weight excluding hydrogens is 352 g/mol.